The van der Waals surface area contributed by atoms with Gasteiger partial charge in [0.25, 0.3) is 0 Å². The Morgan fingerprint density at radius 3 is 3.00 bits per heavy atom. The van der Waals surface area contributed by atoms with Gasteiger partial charge in [-0.3, -0.25) is 0 Å². The van der Waals surface area contributed by atoms with Gasteiger partial charge in [-0.05, 0) is 12.1 Å². The van der Waals surface area contributed by atoms with Gasteiger partial charge >= 0.3 is 5.97 Å². The number of nitrogen functional groups attached to an aromatic ring is 1. The Hall–Kier alpha value is -2.08. The lowest BCUT2D eigenvalue weighted by molar-refractivity contribution is 0.0698. The maximum atomic E-state index is 11.0. The number of nitrogens with one attached hydrogen (secondary N) is 1. The number of nitrogens with two attached hydrogens (primary N) is 1. The summed E-state index contributed by atoms with van der Waals surface area (Å²) >= 11 is 1.60. The summed E-state index contributed by atoms with van der Waals surface area (Å²) in [6, 6.07) is 4.94. The third-order valence-corrected chi connectivity index (χ3v) is 3.82. The van der Waals surface area contributed by atoms with Crippen molar-refractivity contribution in [1.29, 1.82) is 0 Å². The fourth-order valence-corrected chi connectivity index (χ4v) is 2.43. The van der Waals surface area contributed by atoms with Crippen molar-refractivity contribution in [2.45, 2.75) is 12.8 Å². The summed E-state index contributed by atoms with van der Waals surface area (Å²) in [5.74, 6) is -0.776. The largest absolute Gasteiger partial charge is 0.478 e. The Balaban J connectivity index is 2.08. The summed E-state index contributed by atoms with van der Waals surface area (Å²) in [7, 11) is 0. The lowest BCUT2D eigenvalue weighted by Crippen LogP contribution is -2.12. The molecule has 1 atom stereocenters. The van der Waals surface area contributed by atoms with Gasteiger partial charge in [0.2, 0.25) is 0 Å². The second-order valence-electron chi connectivity index (χ2n) is 4.22. The number of carbonyl (C=O) groups is 1. The minimum atomic E-state index is -1.02. The molecule has 6 heteroatoms. The molecule has 0 bridgehead atoms. The van der Waals surface area contributed by atoms with E-state index in [1.807, 2.05) is 5.38 Å². The molecule has 4 N–H and O–H groups in total. The highest BCUT2D eigenvalue weighted by atomic mass is 32.1. The van der Waals surface area contributed by atoms with Crippen LogP contribution in [-0.2, 0) is 0 Å². The Bertz CT molecular complexity index is 569. The average molecular weight is 277 g/mol. The Kier molecular flexibility index (Phi) is 4.01. The van der Waals surface area contributed by atoms with Crippen LogP contribution in [0.3, 0.4) is 0 Å². The van der Waals surface area contributed by atoms with Crippen LogP contribution in [-0.4, -0.2) is 22.6 Å². The first-order chi connectivity index (χ1) is 9.09. The Morgan fingerprint density at radius 1 is 1.58 bits per heavy atom. The molecule has 1 aromatic heterocycles. The monoisotopic (exact) mass is 277 g/mol. The number of anilines is 2. The molecule has 1 heterocycles. The van der Waals surface area contributed by atoms with Crippen LogP contribution in [0.15, 0.2) is 29.8 Å². The fraction of sp³-hybridized carbons (Fsp3) is 0.231. The minimum absolute atomic E-state index is 0.118. The van der Waals surface area contributed by atoms with Gasteiger partial charge in [-0.15, -0.1) is 11.3 Å². The first-order valence-electron chi connectivity index (χ1n) is 5.84. The highest BCUT2D eigenvalue weighted by Crippen LogP contribution is 2.24. The Labute approximate surface area is 115 Å². The van der Waals surface area contributed by atoms with E-state index in [9.17, 15) is 4.79 Å². The highest BCUT2D eigenvalue weighted by molar-refractivity contribution is 7.09. The van der Waals surface area contributed by atoms with Crippen LogP contribution in [0, 0.1) is 0 Å². The van der Waals surface area contributed by atoms with Crippen molar-refractivity contribution < 1.29 is 9.90 Å². The molecule has 0 radical (unpaired) electrons. The molecule has 5 nitrogen and oxygen atoms in total. The summed E-state index contributed by atoms with van der Waals surface area (Å²) in [6.07, 6.45) is 1.77. The molecule has 0 amide bonds. The third kappa shape index (κ3) is 3.03. The number of thiazole rings is 1. The second-order valence-corrected chi connectivity index (χ2v) is 5.15. The molecule has 2 rings (SSSR count). The summed E-state index contributed by atoms with van der Waals surface area (Å²) in [5.41, 5.74) is 6.86. The van der Waals surface area contributed by atoms with Gasteiger partial charge in [0.15, 0.2) is 0 Å². The predicted octanol–water partition coefficient (Wildman–Crippen LogP) is 2.64. The Morgan fingerprint density at radius 2 is 2.37 bits per heavy atom. The van der Waals surface area contributed by atoms with Crippen LogP contribution in [0.4, 0.5) is 11.4 Å². The van der Waals surface area contributed by atoms with Crippen molar-refractivity contribution in [3.8, 4) is 0 Å². The van der Waals surface area contributed by atoms with E-state index in [1.165, 1.54) is 6.07 Å². The third-order valence-electron chi connectivity index (χ3n) is 2.81. The van der Waals surface area contributed by atoms with Crippen LogP contribution >= 0.6 is 11.3 Å². The molecular weight excluding hydrogens is 262 g/mol. The number of rotatable bonds is 5. The molecule has 19 heavy (non-hydrogen) atoms. The lowest BCUT2D eigenvalue weighted by Gasteiger charge is -2.14. The molecule has 1 unspecified atom stereocenters. The van der Waals surface area contributed by atoms with Crippen molar-refractivity contribution in [1.82, 2.24) is 4.98 Å². The van der Waals surface area contributed by atoms with Crippen molar-refractivity contribution in [3.63, 3.8) is 0 Å². The summed E-state index contributed by atoms with van der Waals surface area (Å²) in [4.78, 5) is 15.2. The fourth-order valence-electron chi connectivity index (χ4n) is 1.73. The zero-order valence-electron chi connectivity index (χ0n) is 10.5. The molecule has 0 spiro atoms. The number of carboxylic acids is 1. The van der Waals surface area contributed by atoms with E-state index in [0.29, 0.717) is 12.2 Å². The van der Waals surface area contributed by atoms with E-state index in [1.54, 1.807) is 29.7 Å². The standard InChI is InChI=1S/C13H15N3O2S/c1-8(12-15-5-6-19-12)7-16-10-4-2-3-9(11(10)14)13(17)18/h2-6,8,16H,7,14H2,1H3,(H,17,18). The van der Waals surface area contributed by atoms with E-state index >= 15 is 0 Å². The number of nitrogens with zero attached hydrogens (tertiary/aromatic N) is 1. The molecule has 100 valence electrons. The van der Waals surface area contributed by atoms with Crippen LogP contribution in [0.2, 0.25) is 0 Å². The van der Waals surface area contributed by atoms with E-state index in [2.05, 4.69) is 17.2 Å². The molecule has 1 aromatic carbocycles. The first-order valence-corrected chi connectivity index (χ1v) is 6.72. The van der Waals surface area contributed by atoms with Crippen LogP contribution in [0.5, 0.6) is 0 Å². The van der Waals surface area contributed by atoms with E-state index in [4.69, 9.17) is 10.8 Å². The predicted molar refractivity (Wildman–Crippen MR) is 76.8 cm³/mol. The molecular formula is C13H15N3O2S. The summed E-state index contributed by atoms with van der Waals surface area (Å²) < 4.78 is 0. The quantitative estimate of drug-likeness (QED) is 0.731. The SMILES string of the molecule is CC(CNc1cccc(C(=O)O)c1N)c1nccs1. The van der Waals surface area contributed by atoms with Gasteiger partial charge in [0.1, 0.15) is 0 Å². The number of carboxylic acid groups (broad SMARTS) is 1. The second kappa shape index (κ2) is 5.71. The van der Waals surface area contributed by atoms with Crippen LogP contribution in [0.25, 0.3) is 0 Å². The smallest absolute Gasteiger partial charge is 0.337 e. The van der Waals surface area contributed by atoms with Crippen LogP contribution in [0.1, 0.15) is 28.2 Å². The lowest BCUT2D eigenvalue weighted by atomic mass is 10.1. The van der Waals surface area contributed by atoms with Crippen LogP contribution < -0.4 is 11.1 Å². The molecule has 0 saturated heterocycles. The maximum absolute atomic E-state index is 11.0. The highest BCUT2D eigenvalue weighted by Gasteiger charge is 2.12. The summed E-state index contributed by atoms with van der Waals surface area (Å²) in [6.45, 7) is 2.71. The summed E-state index contributed by atoms with van der Waals surface area (Å²) in [5, 5.41) is 15.2. The number of aromatic nitrogens is 1. The van der Waals surface area contributed by atoms with Gasteiger partial charge in [-0.1, -0.05) is 13.0 Å². The molecule has 0 fully saturated rings. The molecule has 0 saturated carbocycles. The molecule has 0 aliphatic heterocycles. The maximum Gasteiger partial charge on any atom is 0.337 e. The zero-order valence-corrected chi connectivity index (χ0v) is 11.3. The van der Waals surface area contributed by atoms with Crippen molar-refractivity contribution in [2.75, 3.05) is 17.6 Å². The van der Waals surface area contributed by atoms with Gasteiger partial charge in [-0.2, -0.15) is 0 Å². The van der Waals surface area contributed by atoms with Gasteiger partial charge in [0.05, 0.1) is 21.9 Å². The number of hydrogen-bond acceptors (Lipinski definition) is 5. The van der Waals surface area contributed by atoms with Crippen molar-refractivity contribution in [2.24, 2.45) is 0 Å². The molecule has 0 aliphatic rings. The average Bonchev–Trinajstić information content (AvgIpc) is 2.90. The number of para-hydroxylation sites is 1. The number of aromatic carboxylic acids is 1. The first kappa shape index (κ1) is 13.4. The minimum Gasteiger partial charge on any atom is -0.478 e. The van der Waals surface area contributed by atoms with Gasteiger partial charge in [-0.25, -0.2) is 9.78 Å². The van der Waals surface area contributed by atoms with E-state index in [-0.39, 0.29) is 17.2 Å². The normalized spacial score (nSPS) is 12.1. The van der Waals surface area contributed by atoms with E-state index in [0.717, 1.165) is 5.01 Å². The molecule has 0 aliphatic carbocycles. The number of benzene rings is 1. The topological polar surface area (TPSA) is 88.2 Å². The number of hydrogen-bond donors (Lipinski definition) is 3. The van der Waals surface area contributed by atoms with E-state index < -0.39 is 5.97 Å². The van der Waals surface area contributed by atoms with Gasteiger partial charge < -0.3 is 16.2 Å². The zero-order chi connectivity index (χ0) is 13.8. The molecule has 2 aromatic rings. The van der Waals surface area contributed by atoms with Crippen molar-refractivity contribution >= 4 is 28.7 Å². The van der Waals surface area contributed by atoms with Crippen molar-refractivity contribution in [3.05, 3.63) is 40.3 Å². The van der Waals surface area contributed by atoms with Gasteiger partial charge in [0, 0.05) is 24.0 Å².